The third-order valence-corrected chi connectivity index (χ3v) is 3.42. The Kier molecular flexibility index (Phi) is 4.23. The summed E-state index contributed by atoms with van der Waals surface area (Å²) in [4.78, 5) is 11.8. The standard InChI is InChI=1S/C14H27NO2/c1-13(2,3)17-12(16)8-10-9-14(4,5)7-6-11(10)15/h10-11H,6-9,15H2,1-5H3. The van der Waals surface area contributed by atoms with Gasteiger partial charge in [0.15, 0.2) is 0 Å². The van der Waals surface area contributed by atoms with E-state index in [0.29, 0.717) is 11.8 Å². The maximum absolute atomic E-state index is 11.8. The molecule has 0 spiro atoms. The monoisotopic (exact) mass is 241 g/mol. The fraction of sp³-hybridized carbons (Fsp3) is 0.929. The summed E-state index contributed by atoms with van der Waals surface area (Å²) < 4.78 is 5.36. The molecule has 1 fully saturated rings. The summed E-state index contributed by atoms with van der Waals surface area (Å²) in [5, 5.41) is 0. The molecule has 2 atom stereocenters. The summed E-state index contributed by atoms with van der Waals surface area (Å²) in [6.45, 7) is 10.2. The Morgan fingerprint density at radius 1 is 1.41 bits per heavy atom. The molecule has 0 aromatic carbocycles. The summed E-state index contributed by atoms with van der Waals surface area (Å²) in [6, 6.07) is 0.149. The van der Waals surface area contributed by atoms with E-state index in [-0.39, 0.29) is 17.9 Å². The molecule has 100 valence electrons. The molecule has 1 saturated carbocycles. The van der Waals surface area contributed by atoms with Gasteiger partial charge < -0.3 is 10.5 Å². The van der Waals surface area contributed by atoms with Gasteiger partial charge in [-0.05, 0) is 51.4 Å². The lowest BCUT2D eigenvalue weighted by Gasteiger charge is -2.39. The molecule has 3 heteroatoms. The Morgan fingerprint density at radius 3 is 2.53 bits per heavy atom. The summed E-state index contributed by atoms with van der Waals surface area (Å²) >= 11 is 0. The van der Waals surface area contributed by atoms with Gasteiger partial charge in [0.2, 0.25) is 0 Å². The van der Waals surface area contributed by atoms with Gasteiger partial charge >= 0.3 is 5.97 Å². The fourth-order valence-electron chi connectivity index (χ4n) is 2.58. The zero-order valence-electron chi connectivity index (χ0n) is 11.9. The molecule has 0 aliphatic heterocycles. The van der Waals surface area contributed by atoms with Crippen LogP contribution in [0.25, 0.3) is 0 Å². The van der Waals surface area contributed by atoms with Gasteiger partial charge in [0.1, 0.15) is 5.60 Å². The molecule has 0 amide bonds. The smallest absolute Gasteiger partial charge is 0.306 e. The Bertz CT molecular complexity index is 278. The number of carbonyl (C=O) groups excluding carboxylic acids is 1. The van der Waals surface area contributed by atoms with Crippen molar-refractivity contribution in [3.63, 3.8) is 0 Å². The average Bonchev–Trinajstić information content (AvgIpc) is 2.07. The minimum Gasteiger partial charge on any atom is -0.460 e. The van der Waals surface area contributed by atoms with Gasteiger partial charge in [0.05, 0.1) is 0 Å². The minimum atomic E-state index is -0.397. The Morgan fingerprint density at radius 2 is 2.00 bits per heavy atom. The van der Waals surface area contributed by atoms with Crippen molar-refractivity contribution in [2.24, 2.45) is 17.1 Å². The van der Waals surface area contributed by atoms with E-state index in [2.05, 4.69) is 13.8 Å². The molecule has 1 aliphatic carbocycles. The second-order valence-corrected chi connectivity index (χ2v) is 7.12. The summed E-state index contributed by atoms with van der Waals surface area (Å²) in [5.41, 5.74) is 6.01. The van der Waals surface area contributed by atoms with Gasteiger partial charge in [-0.1, -0.05) is 13.8 Å². The lowest BCUT2D eigenvalue weighted by Crippen LogP contribution is -2.41. The molecule has 3 nitrogen and oxygen atoms in total. The zero-order chi connectivity index (χ0) is 13.3. The van der Waals surface area contributed by atoms with Gasteiger partial charge in [0, 0.05) is 12.5 Å². The Balaban J connectivity index is 2.52. The number of esters is 1. The number of hydrogen-bond acceptors (Lipinski definition) is 3. The zero-order valence-corrected chi connectivity index (χ0v) is 11.9. The molecule has 1 rings (SSSR count). The molecule has 0 aromatic heterocycles. The van der Waals surface area contributed by atoms with E-state index in [1.165, 1.54) is 0 Å². The first kappa shape index (κ1) is 14.5. The van der Waals surface area contributed by atoms with E-state index in [1.54, 1.807) is 0 Å². The molecule has 17 heavy (non-hydrogen) atoms. The fourth-order valence-corrected chi connectivity index (χ4v) is 2.58. The highest BCUT2D eigenvalue weighted by Crippen LogP contribution is 2.39. The van der Waals surface area contributed by atoms with E-state index in [0.717, 1.165) is 19.3 Å². The highest BCUT2D eigenvalue weighted by Gasteiger charge is 2.34. The summed E-state index contributed by atoms with van der Waals surface area (Å²) in [7, 11) is 0. The SMILES string of the molecule is CC1(C)CCC(N)C(CC(=O)OC(C)(C)C)C1. The van der Waals surface area contributed by atoms with Crippen LogP contribution < -0.4 is 5.73 Å². The Labute approximate surface area is 105 Å². The molecule has 0 saturated heterocycles. The van der Waals surface area contributed by atoms with Gasteiger partial charge in [0.25, 0.3) is 0 Å². The van der Waals surface area contributed by atoms with Gasteiger partial charge in [-0.2, -0.15) is 0 Å². The summed E-state index contributed by atoms with van der Waals surface area (Å²) in [6.07, 6.45) is 3.65. The highest BCUT2D eigenvalue weighted by molar-refractivity contribution is 5.70. The average molecular weight is 241 g/mol. The van der Waals surface area contributed by atoms with Crippen molar-refractivity contribution in [1.82, 2.24) is 0 Å². The van der Waals surface area contributed by atoms with Crippen LogP contribution >= 0.6 is 0 Å². The molecule has 0 aromatic rings. The first-order chi connectivity index (χ1) is 7.59. The predicted octanol–water partition coefficient (Wildman–Crippen LogP) is 2.87. The predicted molar refractivity (Wildman–Crippen MR) is 69.6 cm³/mol. The number of carbonyl (C=O) groups is 1. The van der Waals surface area contributed by atoms with Crippen molar-refractivity contribution in [3.05, 3.63) is 0 Å². The van der Waals surface area contributed by atoms with Crippen LogP contribution in [-0.4, -0.2) is 17.6 Å². The van der Waals surface area contributed by atoms with Crippen molar-refractivity contribution in [2.45, 2.75) is 71.9 Å². The first-order valence-corrected chi connectivity index (χ1v) is 6.56. The molecule has 0 radical (unpaired) electrons. The van der Waals surface area contributed by atoms with Gasteiger partial charge in [-0.25, -0.2) is 0 Å². The lowest BCUT2D eigenvalue weighted by atomic mass is 9.69. The van der Waals surface area contributed by atoms with Crippen molar-refractivity contribution >= 4 is 5.97 Å². The molecular formula is C14H27NO2. The maximum Gasteiger partial charge on any atom is 0.306 e. The highest BCUT2D eigenvalue weighted by atomic mass is 16.6. The number of nitrogens with two attached hydrogens (primary N) is 1. The minimum absolute atomic E-state index is 0.115. The van der Waals surface area contributed by atoms with E-state index >= 15 is 0 Å². The summed E-state index contributed by atoms with van der Waals surface area (Å²) in [5.74, 6) is 0.157. The van der Waals surface area contributed by atoms with Crippen molar-refractivity contribution in [3.8, 4) is 0 Å². The molecular weight excluding hydrogens is 214 g/mol. The molecule has 0 bridgehead atoms. The topological polar surface area (TPSA) is 52.3 Å². The second-order valence-electron chi connectivity index (χ2n) is 7.12. The van der Waals surface area contributed by atoms with Crippen LogP contribution in [0.3, 0.4) is 0 Å². The van der Waals surface area contributed by atoms with Crippen LogP contribution in [0.5, 0.6) is 0 Å². The van der Waals surface area contributed by atoms with Crippen LogP contribution in [0, 0.1) is 11.3 Å². The third kappa shape index (κ3) is 5.07. The normalized spacial score (nSPS) is 28.8. The second kappa shape index (κ2) is 4.97. The Hall–Kier alpha value is -0.570. The van der Waals surface area contributed by atoms with Crippen LogP contribution in [0.15, 0.2) is 0 Å². The van der Waals surface area contributed by atoms with Crippen molar-refractivity contribution < 1.29 is 9.53 Å². The third-order valence-electron chi connectivity index (χ3n) is 3.42. The van der Waals surface area contributed by atoms with E-state index < -0.39 is 5.60 Å². The molecule has 1 aliphatic rings. The number of rotatable bonds is 2. The van der Waals surface area contributed by atoms with Crippen molar-refractivity contribution in [1.29, 1.82) is 0 Å². The number of hydrogen-bond donors (Lipinski definition) is 1. The molecule has 2 N–H and O–H groups in total. The van der Waals surface area contributed by atoms with E-state index in [4.69, 9.17) is 10.5 Å². The van der Waals surface area contributed by atoms with Gasteiger partial charge in [-0.3, -0.25) is 4.79 Å². The van der Waals surface area contributed by atoms with E-state index in [9.17, 15) is 4.79 Å². The molecule has 2 unspecified atom stereocenters. The first-order valence-electron chi connectivity index (χ1n) is 6.56. The largest absolute Gasteiger partial charge is 0.460 e. The van der Waals surface area contributed by atoms with Crippen LogP contribution in [0.4, 0.5) is 0 Å². The van der Waals surface area contributed by atoms with Gasteiger partial charge in [-0.15, -0.1) is 0 Å². The maximum atomic E-state index is 11.8. The van der Waals surface area contributed by atoms with Crippen LogP contribution in [0.1, 0.15) is 60.3 Å². The number of ether oxygens (including phenoxy) is 1. The quantitative estimate of drug-likeness (QED) is 0.756. The van der Waals surface area contributed by atoms with Crippen LogP contribution in [-0.2, 0) is 9.53 Å². The van der Waals surface area contributed by atoms with Crippen molar-refractivity contribution in [2.75, 3.05) is 0 Å². The van der Waals surface area contributed by atoms with E-state index in [1.807, 2.05) is 20.8 Å². The lowest BCUT2D eigenvalue weighted by molar-refractivity contribution is -0.156. The molecule has 0 heterocycles. The van der Waals surface area contributed by atoms with Crippen LogP contribution in [0.2, 0.25) is 0 Å².